The standard InChI is InChI=1S/C17H12F3N3O3S/c1-9-2-3-11(7-21-9)23-5-4-12(14(23)16(25)26)22-15(24)13-6-10(8-27-13)17(18,19)20/h2-8H,1H3,(H,22,24)(H,25,26). The minimum absolute atomic E-state index is 0.0324. The van der Waals surface area contributed by atoms with Gasteiger partial charge in [-0.2, -0.15) is 13.2 Å². The number of amides is 1. The van der Waals surface area contributed by atoms with E-state index in [0.717, 1.165) is 17.1 Å². The van der Waals surface area contributed by atoms with Crippen LogP contribution >= 0.6 is 11.3 Å². The van der Waals surface area contributed by atoms with Crippen LogP contribution in [0.15, 0.2) is 42.0 Å². The summed E-state index contributed by atoms with van der Waals surface area (Å²) in [5.41, 5.74) is 0.0134. The van der Waals surface area contributed by atoms with Crippen LogP contribution < -0.4 is 5.32 Å². The Morgan fingerprint density at radius 3 is 2.56 bits per heavy atom. The molecular formula is C17H12F3N3O3S. The molecule has 0 saturated heterocycles. The number of nitrogens with zero attached hydrogens (tertiary/aromatic N) is 2. The van der Waals surface area contributed by atoms with Gasteiger partial charge in [-0.05, 0) is 31.2 Å². The van der Waals surface area contributed by atoms with Gasteiger partial charge in [-0.1, -0.05) is 0 Å². The van der Waals surface area contributed by atoms with Crippen molar-refractivity contribution in [3.05, 3.63) is 63.9 Å². The van der Waals surface area contributed by atoms with Crippen LogP contribution in [0.1, 0.15) is 31.4 Å². The normalized spacial score (nSPS) is 11.4. The number of alkyl halides is 3. The van der Waals surface area contributed by atoms with Crippen molar-refractivity contribution in [3.8, 4) is 5.69 Å². The molecule has 3 aromatic heterocycles. The van der Waals surface area contributed by atoms with Crippen molar-refractivity contribution in [1.82, 2.24) is 9.55 Å². The first kappa shape index (κ1) is 18.6. The summed E-state index contributed by atoms with van der Waals surface area (Å²) in [5.74, 6) is -2.13. The summed E-state index contributed by atoms with van der Waals surface area (Å²) in [6.45, 7) is 1.78. The van der Waals surface area contributed by atoms with Gasteiger partial charge in [0.1, 0.15) is 0 Å². The number of aryl methyl sites for hydroxylation is 1. The van der Waals surface area contributed by atoms with Gasteiger partial charge in [0, 0.05) is 17.3 Å². The first-order valence-corrected chi connectivity index (χ1v) is 8.39. The number of pyridine rings is 1. The monoisotopic (exact) mass is 395 g/mol. The van der Waals surface area contributed by atoms with E-state index in [1.807, 2.05) is 0 Å². The molecule has 6 nitrogen and oxygen atoms in total. The fourth-order valence-corrected chi connectivity index (χ4v) is 3.17. The molecule has 0 spiro atoms. The lowest BCUT2D eigenvalue weighted by Crippen LogP contribution is -2.15. The third-order valence-corrected chi connectivity index (χ3v) is 4.59. The second kappa shape index (κ2) is 6.88. The zero-order valence-electron chi connectivity index (χ0n) is 13.7. The summed E-state index contributed by atoms with van der Waals surface area (Å²) in [6, 6.07) is 5.44. The number of hydrogen-bond donors (Lipinski definition) is 2. The number of thiophene rings is 1. The Bertz CT molecular complexity index is 1010. The van der Waals surface area contributed by atoms with Crippen molar-refractivity contribution in [3.63, 3.8) is 0 Å². The third kappa shape index (κ3) is 3.85. The van der Waals surface area contributed by atoms with Gasteiger partial charge in [0.2, 0.25) is 0 Å². The van der Waals surface area contributed by atoms with Crippen molar-refractivity contribution in [1.29, 1.82) is 0 Å². The lowest BCUT2D eigenvalue weighted by atomic mass is 10.3. The highest BCUT2D eigenvalue weighted by molar-refractivity contribution is 7.12. The minimum atomic E-state index is -4.55. The van der Waals surface area contributed by atoms with E-state index in [9.17, 15) is 27.9 Å². The van der Waals surface area contributed by atoms with E-state index in [1.165, 1.54) is 23.0 Å². The minimum Gasteiger partial charge on any atom is -0.476 e. The van der Waals surface area contributed by atoms with Crippen molar-refractivity contribution in [2.24, 2.45) is 0 Å². The number of hydrogen-bond acceptors (Lipinski definition) is 4. The molecule has 1 amide bonds. The van der Waals surface area contributed by atoms with E-state index >= 15 is 0 Å². The summed E-state index contributed by atoms with van der Waals surface area (Å²) < 4.78 is 39.3. The van der Waals surface area contributed by atoms with E-state index in [4.69, 9.17) is 0 Å². The Morgan fingerprint density at radius 2 is 2.00 bits per heavy atom. The van der Waals surface area contributed by atoms with Crippen LogP contribution in [0, 0.1) is 6.92 Å². The van der Waals surface area contributed by atoms with Gasteiger partial charge in [-0.25, -0.2) is 4.79 Å². The second-order valence-corrected chi connectivity index (χ2v) is 6.47. The summed E-state index contributed by atoms with van der Waals surface area (Å²) in [6.07, 6.45) is -1.65. The first-order chi connectivity index (χ1) is 12.7. The van der Waals surface area contributed by atoms with Gasteiger partial charge < -0.3 is 15.0 Å². The van der Waals surface area contributed by atoms with Crippen LogP contribution in [-0.4, -0.2) is 26.5 Å². The maximum atomic E-state index is 12.7. The van der Waals surface area contributed by atoms with Gasteiger partial charge >= 0.3 is 12.1 Å². The van der Waals surface area contributed by atoms with Crippen LogP contribution in [0.5, 0.6) is 0 Å². The Kier molecular flexibility index (Phi) is 4.75. The molecule has 0 unspecified atom stereocenters. The smallest absolute Gasteiger partial charge is 0.417 e. The number of halogens is 3. The average Bonchev–Trinajstić information content (AvgIpc) is 3.22. The number of anilines is 1. The SMILES string of the molecule is Cc1ccc(-n2ccc(NC(=O)c3cc(C(F)(F)F)cs3)c2C(=O)O)cn1. The van der Waals surface area contributed by atoms with E-state index in [1.54, 1.807) is 19.1 Å². The van der Waals surface area contributed by atoms with Crippen LogP contribution in [-0.2, 0) is 6.18 Å². The highest BCUT2D eigenvalue weighted by Gasteiger charge is 2.32. The lowest BCUT2D eigenvalue weighted by molar-refractivity contribution is -0.137. The number of carbonyl (C=O) groups is 2. The van der Waals surface area contributed by atoms with E-state index < -0.39 is 23.6 Å². The topological polar surface area (TPSA) is 84.2 Å². The Balaban J connectivity index is 1.91. The molecule has 2 N–H and O–H groups in total. The largest absolute Gasteiger partial charge is 0.476 e. The van der Waals surface area contributed by atoms with Crippen molar-refractivity contribution in [2.75, 3.05) is 5.32 Å². The zero-order valence-corrected chi connectivity index (χ0v) is 14.6. The molecule has 0 bridgehead atoms. The molecule has 10 heteroatoms. The van der Waals surface area contributed by atoms with E-state index in [2.05, 4.69) is 10.3 Å². The molecule has 3 aromatic rings. The molecule has 0 radical (unpaired) electrons. The average molecular weight is 395 g/mol. The molecule has 0 aliphatic rings. The number of nitrogens with one attached hydrogen (secondary N) is 1. The Morgan fingerprint density at radius 1 is 1.26 bits per heavy atom. The van der Waals surface area contributed by atoms with Gasteiger partial charge in [-0.15, -0.1) is 11.3 Å². The van der Waals surface area contributed by atoms with E-state index in [-0.39, 0.29) is 16.3 Å². The van der Waals surface area contributed by atoms with Crippen LogP contribution in [0.2, 0.25) is 0 Å². The Hall–Kier alpha value is -3.14. The molecule has 27 heavy (non-hydrogen) atoms. The van der Waals surface area contributed by atoms with Crippen LogP contribution in [0.3, 0.4) is 0 Å². The number of carboxylic acid groups (broad SMARTS) is 1. The predicted octanol–water partition coefficient (Wildman–Crippen LogP) is 4.21. The fraction of sp³-hybridized carbons (Fsp3) is 0.118. The quantitative estimate of drug-likeness (QED) is 0.693. The summed E-state index contributed by atoms with van der Waals surface area (Å²) in [7, 11) is 0. The predicted molar refractivity (Wildman–Crippen MR) is 92.5 cm³/mol. The fourth-order valence-electron chi connectivity index (χ4n) is 2.36. The summed E-state index contributed by atoms with van der Waals surface area (Å²) >= 11 is 0.627. The second-order valence-electron chi connectivity index (χ2n) is 5.56. The van der Waals surface area contributed by atoms with Crippen LogP contribution in [0.4, 0.5) is 18.9 Å². The maximum Gasteiger partial charge on any atom is 0.417 e. The van der Waals surface area contributed by atoms with Crippen molar-refractivity contribution >= 4 is 28.9 Å². The van der Waals surface area contributed by atoms with Gasteiger partial charge in [-0.3, -0.25) is 9.78 Å². The molecule has 3 rings (SSSR count). The number of carbonyl (C=O) groups excluding carboxylic acids is 1. The first-order valence-electron chi connectivity index (χ1n) is 7.51. The zero-order chi connectivity index (χ0) is 19.8. The summed E-state index contributed by atoms with van der Waals surface area (Å²) in [4.78, 5) is 27.8. The third-order valence-electron chi connectivity index (χ3n) is 3.66. The lowest BCUT2D eigenvalue weighted by Gasteiger charge is -2.08. The number of aromatic carboxylic acids is 1. The molecule has 3 heterocycles. The molecule has 0 saturated carbocycles. The van der Waals surface area contributed by atoms with Crippen LogP contribution in [0.25, 0.3) is 5.69 Å². The number of carboxylic acids is 1. The number of aromatic nitrogens is 2. The van der Waals surface area contributed by atoms with Gasteiger partial charge in [0.25, 0.3) is 5.91 Å². The highest BCUT2D eigenvalue weighted by atomic mass is 32.1. The van der Waals surface area contributed by atoms with E-state index in [0.29, 0.717) is 17.0 Å². The van der Waals surface area contributed by atoms with Gasteiger partial charge in [0.15, 0.2) is 5.69 Å². The molecule has 0 fully saturated rings. The molecular weight excluding hydrogens is 383 g/mol. The summed E-state index contributed by atoms with van der Waals surface area (Å²) in [5, 5.41) is 12.7. The molecule has 0 aliphatic carbocycles. The molecule has 140 valence electrons. The van der Waals surface area contributed by atoms with Gasteiger partial charge in [0.05, 0.1) is 28.0 Å². The molecule has 0 aromatic carbocycles. The van der Waals surface area contributed by atoms with Crippen molar-refractivity contribution < 1.29 is 27.9 Å². The molecule has 0 aliphatic heterocycles. The van der Waals surface area contributed by atoms with Crippen molar-refractivity contribution in [2.45, 2.75) is 13.1 Å². The molecule has 0 atom stereocenters. The highest BCUT2D eigenvalue weighted by Crippen LogP contribution is 2.33. The number of rotatable bonds is 4. The Labute approximate surface area is 154 Å². The maximum absolute atomic E-state index is 12.7.